The van der Waals surface area contributed by atoms with Crippen LogP contribution in [0.2, 0.25) is 0 Å². The molecule has 1 amide bonds. The molecule has 1 aliphatic rings. The highest BCUT2D eigenvalue weighted by atomic mass is 16.3. The minimum atomic E-state index is 0.161. The quantitative estimate of drug-likeness (QED) is 0.885. The Hall–Kier alpha value is -1.84. The van der Waals surface area contributed by atoms with Crippen LogP contribution < -0.4 is 5.32 Å². The molecular weight excluding hydrogens is 264 g/mol. The second-order valence-electron chi connectivity index (χ2n) is 5.81. The van der Waals surface area contributed by atoms with Gasteiger partial charge in [0.1, 0.15) is 5.52 Å². The summed E-state index contributed by atoms with van der Waals surface area (Å²) in [6, 6.07) is 6.18. The summed E-state index contributed by atoms with van der Waals surface area (Å²) in [7, 11) is 0. The molecule has 1 saturated carbocycles. The van der Waals surface area contributed by atoms with Crippen molar-refractivity contribution in [3.63, 3.8) is 0 Å². The zero-order valence-corrected chi connectivity index (χ0v) is 12.7. The van der Waals surface area contributed by atoms with Crippen LogP contribution in [0.15, 0.2) is 22.6 Å². The number of nitrogens with zero attached hydrogens (tertiary/aromatic N) is 1. The van der Waals surface area contributed by atoms with Gasteiger partial charge >= 0.3 is 0 Å². The van der Waals surface area contributed by atoms with Crippen LogP contribution in [-0.4, -0.2) is 17.4 Å². The Kier molecular flexibility index (Phi) is 3.95. The zero-order chi connectivity index (χ0) is 14.8. The van der Waals surface area contributed by atoms with Gasteiger partial charge in [-0.3, -0.25) is 4.79 Å². The normalized spacial score (nSPS) is 20.7. The second-order valence-corrected chi connectivity index (χ2v) is 5.81. The second kappa shape index (κ2) is 5.88. The van der Waals surface area contributed by atoms with E-state index in [0.717, 1.165) is 42.8 Å². The Labute approximate surface area is 124 Å². The number of aromatic nitrogens is 1. The molecule has 2 atom stereocenters. The van der Waals surface area contributed by atoms with Gasteiger partial charge < -0.3 is 9.73 Å². The van der Waals surface area contributed by atoms with Crippen molar-refractivity contribution in [1.82, 2.24) is 10.3 Å². The summed E-state index contributed by atoms with van der Waals surface area (Å²) < 4.78 is 5.86. The molecule has 0 unspecified atom stereocenters. The largest absolute Gasteiger partial charge is 0.440 e. The van der Waals surface area contributed by atoms with Crippen molar-refractivity contribution in [2.24, 2.45) is 5.92 Å². The first-order valence-electron chi connectivity index (χ1n) is 7.88. The summed E-state index contributed by atoms with van der Waals surface area (Å²) in [6.07, 6.45) is 3.45. The summed E-state index contributed by atoms with van der Waals surface area (Å²) in [5.74, 6) is 1.99. The molecule has 1 aromatic carbocycles. The minimum Gasteiger partial charge on any atom is -0.440 e. The molecule has 0 aliphatic heterocycles. The fraction of sp³-hybridized carbons (Fsp3) is 0.529. The molecule has 3 rings (SSSR count). The number of oxazole rings is 1. The molecule has 0 bridgehead atoms. The minimum absolute atomic E-state index is 0.161. The molecule has 4 heteroatoms. The Bertz CT molecular complexity index is 647. The number of hydrogen-bond donors (Lipinski definition) is 1. The van der Waals surface area contributed by atoms with Gasteiger partial charge in [-0.15, -0.1) is 0 Å². The van der Waals surface area contributed by atoms with Crippen LogP contribution in [0.1, 0.15) is 50.5 Å². The average Bonchev–Trinajstić information content (AvgIpc) is 3.13. The van der Waals surface area contributed by atoms with Crippen molar-refractivity contribution in [1.29, 1.82) is 0 Å². The molecule has 112 valence electrons. The molecule has 1 heterocycles. The highest BCUT2D eigenvalue weighted by molar-refractivity contribution is 5.78. The van der Waals surface area contributed by atoms with E-state index in [-0.39, 0.29) is 5.91 Å². The molecule has 21 heavy (non-hydrogen) atoms. The van der Waals surface area contributed by atoms with Crippen LogP contribution in [0.25, 0.3) is 11.1 Å². The van der Waals surface area contributed by atoms with Gasteiger partial charge in [0.2, 0.25) is 5.91 Å². The highest BCUT2D eigenvalue weighted by Crippen LogP contribution is 2.49. The van der Waals surface area contributed by atoms with Crippen LogP contribution in [0.3, 0.4) is 0 Å². The summed E-state index contributed by atoms with van der Waals surface area (Å²) in [6.45, 7) is 4.84. The Morgan fingerprint density at radius 2 is 2.29 bits per heavy atom. The fourth-order valence-corrected chi connectivity index (χ4v) is 2.87. The number of aryl methyl sites for hydroxylation is 1. The maximum absolute atomic E-state index is 11.5. The van der Waals surface area contributed by atoms with E-state index in [1.165, 1.54) is 5.56 Å². The molecule has 0 radical (unpaired) electrons. The van der Waals surface area contributed by atoms with Gasteiger partial charge in [0.05, 0.1) is 0 Å². The van der Waals surface area contributed by atoms with Gasteiger partial charge in [0.15, 0.2) is 11.5 Å². The maximum Gasteiger partial charge on any atom is 0.219 e. The Morgan fingerprint density at radius 1 is 1.43 bits per heavy atom. The monoisotopic (exact) mass is 286 g/mol. The number of rotatable bonds is 6. The lowest BCUT2D eigenvalue weighted by Gasteiger charge is -2.04. The SMILES string of the molecule is CCCC(=O)NC[C@@H]1C[C@H]1c1cccc2nc(CC)oc12. The topological polar surface area (TPSA) is 55.1 Å². The van der Waals surface area contributed by atoms with Crippen LogP contribution >= 0.6 is 0 Å². The van der Waals surface area contributed by atoms with Crippen LogP contribution in [-0.2, 0) is 11.2 Å². The van der Waals surface area contributed by atoms with Crippen molar-refractivity contribution >= 4 is 17.0 Å². The standard InChI is InChI=1S/C17H22N2O2/c1-3-6-15(20)18-10-11-9-13(11)12-7-5-8-14-17(12)21-16(4-2)19-14/h5,7-8,11,13H,3-4,6,9-10H2,1-2H3,(H,18,20)/t11-,13+/m0/s1. The zero-order valence-electron chi connectivity index (χ0n) is 12.7. The van der Waals surface area contributed by atoms with Crippen molar-refractivity contribution in [2.75, 3.05) is 6.54 Å². The summed E-state index contributed by atoms with van der Waals surface area (Å²) in [5.41, 5.74) is 3.13. The first kappa shape index (κ1) is 14.1. The van der Waals surface area contributed by atoms with Crippen LogP contribution in [0, 0.1) is 5.92 Å². The molecule has 0 spiro atoms. The number of carbonyl (C=O) groups excluding carboxylic acids is 1. The lowest BCUT2D eigenvalue weighted by Crippen LogP contribution is -2.25. The van der Waals surface area contributed by atoms with E-state index in [4.69, 9.17) is 4.42 Å². The van der Waals surface area contributed by atoms with E-state index >= 15 is 0 Å². The molecule has 2 aromatic rings. The average molecular weight is 286 g/mol. The van der Waals surface area contributed by atoms with E-state index < -0.39 is 0 Å². The molecule has 1 aromatic heterocycles. The summed E-state index contributed by atoms with van der Waals surface area (Å²) in [5, 5.41) is 3.02. The van der Waals surface area contributed by atoms with Crippen LogP contribution in [0.5, 0.6) is 0 Å². The van der Waals surface area contributed by atoms with Gasteiger partial charge in [-0.05, 0) is 30.7 Å². The van der Waals surface area contributed by atoms with Crippen molar-refractivity contribution in [3.8, 4) is 0 Å². The number of nitrogens with one attached hydrogen (secondary N) is 1. The maximum atomic E-state index is 11.5. The smallest absolute Gasteiger partial charge is 0.219 e. The third-order valence-corrected chi connectivity index (χ3v) is 4.15. The van der Waals surface area contributed by atoms with Gasteiger partial charge in [-0.1, -0.05) is 26.0 Å². The number of carbonyl (C=O) groups is 1. The van der Waals surface area contributed by atoms with Crippen LogP contribution in [0.4, 0.5) is 0 Å². The number of fused-ring (bicyclic) bond motifs is 1. The third-order valence-electron chi connectivity index (χ3n) is 4.15. The number of amides is 1. The predicted molar refractivity (Wildman–Crippen MR) is 82.2 cm³/mol. The van der Waals surface area contributed by atoms with Gasteiger partial charge in [0.25, 0.3) is 0 Å². The summed E-state index contributed by atoms with van der Waals surface area (Å²) >= 11 is 0. The van der Waals surface area contributed by atoms with E-state index in [2.05, 4.69) is 16.4 Å². The highest BCUT2D eigenvalue weighted by Gasteiger charge is 2.40. The first-order chi connectivity index (χ1) is 10.2. The van der Waals surface area contributed by atoms with Gasteiger partial charge in [-0.25, -0.2) is 4.98 Å². The third kappa shape index (κ3) is 2.94. The lowest BCUT2D eigenvalue weighted by molar-refractivity contribution is -0.121. The summed E-state index contributed by atoms with van der Waals surface area (Å²) in [4.78, 5) is 16.0. The fourth-order valence-electron chi connectivity index (χ4n) is 2.87. The molecule has 1 aliphatic carbocycles. The van der Waals surface area contributed by atoms with E-state index in [1.807, 2.05) is 26.0 Å². The van der Waals surface area contributed by atoms with Gasteiger partial charge in [0, 0.05) is 24.9 Å². The molecule has 1 fully saturated rings. The molecular formula is C17H22N2O2. The molecule has 4 nitrogen and oxygen atoms in total. The van der Waals surface area contributed by atoms with Crippen molar-refractivity contribution in [3.05, 3.63) is 29.7 Å². The number of hydrogen-bond acceptors (Lipinski definition) is 3. The van der Waals surface area contributed by atoms with E-state index in [1.54, 1.807) is 0 Å². The van der Waals surface area contributed by atoms with Crippen molar-refractivity contribution < 1.29 is 9.21 Å². The number of benzene rings is 1. The predicted octanol–water partition coefficient (Wildman–Crippen LogP) is 3.41. The first-order valence-corrected chi connectivity index (χ1v) is 7.88. The molecule has 0 saturated heterocycles. The lowest BCUT2D eigenvalue weighted by atomic mass is 10.1. The number of para-hydroxylation sites is 1. The Morgan fingerprint density at radius 3 is 3.05 bits per heavy atom. The van der Waals surface area contributed by atoms with E-state index in [0.29, 0.717) is 18.3 Å². The Balaban J connectivity index is 1.69. The van der Waals surface area contributed by atoms with Gasteiger partial charge in [-0.2, -0.15) is 0 Å². The van der Waals surface area contributed by atoms with E-state index in [9.17, 15) is 4.79 Å². The van der Waals surface area contributed by atoms with Crippen molar-refractivity contribution in [2.45, 2.75) is 45.4 Å². The molecule has 1 N–H and O–H groups in total.